The zero-order chi connectivity index (χ0) is 17.7. The summed E-state index contributed by atoms with van der Waals surface area (Å²) in [7, 11) is 0. The lowest BCUT2D eigenvalue weighted by Crippen LogP contribution is -2.58. The number of carbonyl (C=O) groups is 1. The SMILES string of the molecule is CC(CO)c1ccc2c(c1)CC[C@@H]1[C@]2(C)[C@H](O)CC[C@@]1(C)C(=O)O. The van der Waals surface area contributed by atoms with Crippen LogP contribution in [0.15, 0.2) is 18.2 Å². The van der Waals surface area contributed by atoms with Gasteiger partial charge >= 0.3 is 5.97 Å². The van der Waals surface area contributed by atoms with Crippen LogP contribution in [0.25, 0.3) is 0 Å². The first-order chi connectivity index (χ1) is 11.2. The standard InChI is InChI=1S/C20H28O4/c1-12(11-21)13-4-6-15-14(10-13)5-7-16-19(2,18(23)24)9-8-17(22)20(15,16)3/h4,6,10,12,16-17,21-22H,5,7-9,11H2,1-3H3,(H,23,24)/t12?,16-,17+,19+,20+/m0/s1. The van der Waals surface area contributed by atoms with Gasteiger partial charge in [-0.3, -0.25) is 4.79 Å². The number of hydrogen-bond acceptors (Lipinski definition) is 3. The molecule has 1 unspecified atom stereocenters. The first-order valence-electron chi connectivity index (χ1n) is 8.90. The van der Waals surface area contributed by atoms with E-state index in [1.807, 2.05) is 26.8 Å². The van der Waals surface area contributed by atoms with Gasteiger partial charge in [0.2, 0.25) is 0 Å². The number of carboxylic acids is 1. The molecule has 4 heteroatoms. The molecular weight excluding hydrogens is 304 g/mol. The Hall–Kier alpha value is -1.39. The van der Waals surface area contributed by atoms with E-state index in [0.29, 0.717) is 12.8 Å². The molecule has 0 radical (unpaired) electrons. The van der Waals surface area contributed by atoms with Gasteiger partial charge in [-0.25, -0.2) is 0 Å². The minimum absolute atomic E-state index is 0.0696. The molecule has 3 N–H and O–H groups in total. The van der Waals surface area contributed by atoms with Crippen molar-refractivity contribution in [1.82, 2.24) is 0 Å². The summed E-state index contributed by atoms with van der Waals surface area (Å²) in [4.78, 5) is 12.0. The van der Waals surface area contributed by atoms with Gasteiger partial charge in [-0.2, -0.15) is 0 Å². The lowest BCUT2D eigenvalue weighted by atomic mass is 9.48. The van der Waals surface area contributed by atoms with E-state index in [-0.39, 0.29) is 18.4 Å². The predicted octanol–water partition coefficient (Wildman–Crippen LogP) is 2.85. The number of aryl methyl sites for hydroxylation is 1. The molecule has 0 amide bonds. The molecule has 0 bridgehead atoms. The molecule has 2 aliphatic carbocycles. The fourth-order valence-corrected chi connectivity index (χ4v) is 5.10. The average Bonchev–Trinajstić information content (AvgIpc) is 2.57. The number of carboxylic acid groups (broad SMARTS) is 1. The van der Waals surface area contributed by atoms with Crippen molar-refractivity contribution in [2.24, 2.45) is 11.3 Å². The second-order valence-electron chi connectivity index (χ2n) is 8.15. The highest BCUT2D eigenvalue weighted by Gasteiger charge is 2.58. The molecule has 3 rings (SSSR count). The van der Waals surface area contributed by atoms with Crippen molar-refractivity contribution in [3.63, 3.8) is 0 Å². The highest BCUT2D eigenvalue weighted by Crippen LogP contribution is 2.57. The lowest BCUT2D eigenvalue weighted by molar-refractivity contribution is -0.162. The Balaban J connectivity index is 2.10. The van der Waals surface area contributed by atoms with E-state index in [9.17, 15) is 20.1 Å². The number of rotatable bonds is 3. The Morgan fingerprint density at radius 3 is 2.67 bits per heavy atom. The maximum atomic E-state index is 12.0. The van der Waals surface area contributed by atoms with Crippen LogP contribution < -0.4 is 0 Å². The highest BCUT2D eigenvalue weighted by molar-refractivity contribution is 5.75. The number of hydrogen-bond donors (Lipinski definition) is 3. The highest BCUT2D eigenvalue weighted by atomic mass is 16.4. The number of aliphatic hydroxyl groups is 2. The zero-order valence-corrected chi connectivity index (χ0v) is 14.7. The predicted molar refractivity (Wildman–Crippen MR) is 92.1 cm³/mol. The number of fused-ring (bicyclic) bond motifs is 3. The fourth-order valence-electron chi connectivity index (χ4n) is 5.10. The molecule has 1 fully saturated rings. The quantitative estimate of drug-likeness (QED) is 0.795. The maximum absolute atomic E-state index is 12.0. The van der Waals surface area contributed by atoms with E-state index in [1.54, 1.807) is 0 Å². The monoisotopic (exact) mass is 332 g/mol. The fraction of sp³-hybridized carbons (Fsp3) is 0.650. The molecule has 4 nitrogen and oxygen atoms in total. The molecule has 1 aromatic carbocycles. The van der Waals surface area contributed by atoms with Crippen LogP contribution in [0.4, 0.5) is 0 Å². The molecular formula is C20H28O4. The number of aliphatic hydroxyl groups excluding tert-OH is 2. The molecule has 132 valence electrons. The van der Waals surface area contributed by atoms with Crippen LogP contribution >= 0.6 is 0 Å². The van der Waals surface area contributed by atoms with E-state index >= 15 is 0 Å². The van der Waals surface area contributed by atoms with E-state index in [2.05, 4.69) is 12.1 Å². The van der Waals surface area contributed by atoms with Gasteiger partial charge in [0.1, 0.15) is 0 Å². The summed E-state index contributed by atoms with van der Waals surface area (Å²) in [6.45, 7) is 5.98. The maximum Gasteiger partial charge on any atom is 0.309 e. The topological polar surface area (TPSA) is 77.8 Å². The van der Waals surface area contributed by atoms with Crippen LogP contribution in [0.1, 0.15) is 62.6 Å². The first-order valence-corrected chi connectivity index (χ1v) is 8.90. The van der Waals surface area contributed by atoms with Crippen LogP contribution in [0.3, 0.4) is 0 Å². The van der Waals surface area contributed by atoms with E-state index in [4.69, 9.17) is 0 Å². The van der Waals surface area contributed by atoms with Gasteiger partial charge in [-0.15, -0.1) is 0 Å². The van der Waals surface area contributed by atoms with Crippen molar-refractivity contribution in [2.75, 3.05) is 6.61 Å². The minimum atomic E-state index is -0.789. The summed E-state index contributed by atoms with van der Waals surface area (Å²) in [6.07, 6.45) is 2.13. The van der Waals surface area contributed by atoms with Crippen LogP contribution in [-0.2, 0) is 16.6 Å². The lowest BCUT2D eigenvalue weighted by Gasteiger charge is -2.55. The van der Waals surface area contributed by atoms with Crippen molar-refractivity contribution in [1.29, 1.82) is 0 Å². The smallest absolute Gasteiger partial charge is 0.309 e. The third kappa shape index (κ3) is 2.31. The van der Waals surface area contributed by atoms with Crippen molar-refractivity contribution < 1.29 is 20.1 Å². The summed E-state index contributed by atoms with van der Waals surface area (Å²) >= 11 is 0. The van der Waals surface area contributed by atoms with Gasteiger partial charge in [-0.1, -0.05) is 32.0 Å². The van der Waals surface area contributed by atoms with Crippen molar-refractivity contribution in [3.05, 3.63) is 34.9 Å². The molecule has 0 saturated heterocycles. The van der Waals surface area contributed by atoms with Gasteiger partial charge in [0, 0.05) is 17.9 Å². The van der Waals surface area contributed by atoms with E-state index in [1.165, 1.54) is 5.56 Å². The van der Waals surface area contributed by atoms with Crippen LogP contribution in [0.2, 0.25) is 0 Å². The second kappa shape index (κ2) is 5.85. The Morgan fingerprint density at radius 2 is 2.04 bits per heavy atom. The largest absolute Gasteiger partial charge is 0.481 e. The Bertz CT molecular complexity index is 655. The van der Waals surface area contributed by atoms with Crippen LogP contribution in [0, 0.1) is 11.3 Å². The Morgan fingerprint density at radius 1 is 1.33 bits per heavy atom. The van der Waals surface area contributed by atoms with Gasteiger partial charge in [0.15, 0.2) is 0 Å². The van der Waals surface area contributed by atoms with Gasteiger partial charge in [0.05, 0.1) is 11.5 Å². The van der Waals surface area contributed by atoms with Gasteiger partial charge in [0.25, 0.3) is 0 Å². The zero-order valence-electron chi connectivity index (χ0n) is 14.7. The molecule has 0 spiro atoms. The number of aliphatic carboxylic acids is 1. The van der Waals surface area contributed by atoms with Crippen molar-refractivity contribution >= 4 is 5.97 Å². The summed E-state index contributed by atoms with van der Waals surface area (Å²) in [5.74, 6) is -0.735. The van der Waals surface area contributed by atoms with Crippen molar-refractivity contribution in [2.45, 2.75) is 63.9 Å². The van der Waals surface area contributed by atoms with Crippen molar-refractivity contribution in [3.8, 4) is 0 Å². The summed E-state index contributed by atoms with van der Waals surface area (Å²) in [5, 5.41) is 30.0. The normalized spacial score (nSPS) is 36.5. The average molecular weight is 332 g/mol. The summed E-state index contributed by atoms with van der Waals surface area (Å²) < 4.78 is 0. The third-order valence-electron chi connectivity index (χ3n) is 6.87. The third-order valence-corrected chi connectivity index (χ3v) is 6.87. The number of benzene rings is 1. The molecule has 0 aliphatic heterocycles. The Labute approximate surface area is 143 Å². The molecule has 1 aromatic rings. The molecule has 0 aromatic heterocycles. The summed E-state index contributed by atoms with van der Waals surface area (Å²) in [6, 6.07) is 6.21. The van der Waals surface area contributed by atoms with Gasteiger partial charge in [-0.05, 0) is 55.2 Å². The van der Waals surface area contributed by atoms with Gasteiger partial charge < -0.3 is 15.3 Å². The van der Waals surface area contributed by atoms with E-state index in [0.717, 1.165) is 24.0 Å². The van der Waals surface area contributed by atoms with Crippen LogP contribution in [0.5, 0.6) is 0 Å². The van der Waals surface area contributed by atoms with Crippen LogP contribution in [-0.4, -0.2) is 34.0 Å². The van der Waals surface area contributed by atoms with E-state index < -0.39 is 22.9 Å². The second-order valence-corrected chi connectivity index (χ2v) is 8.15. The minimum Gasteiger partial charge on any atom is -0.481 e. The molecule has 24 heavy (non-hydrogen) atoms. The summed E-state index contributed by atoms with van der Waals surface area (Å²) in [5.41, 5.74) is 2.07. The molecule has 0 heterocycles. The Kier molecular flexibility index (Phi) is 4.25. The first kappa shape index (κ1) is 17.4. The molecule has 5 atom stereocenters. The molecule has 2 aliphatic rings. The molecule has 1 saturated carbocycles.